The summed E-state index contributed by atoms with van der Waals surface area (Å²) in [5.41, 5.74) is 0. The number of hydrogen-bond donors (Lipinski definition) is 1. The van der Waals surface area contributed by atoms with Crippen molar-refractivity contribution in [1.29, 1.82) is 5.26 Å². The second-order valence-electron chi connectivity index (χ2n) is 4.40. The van der Waals surface area contributed by atoms with Gasteiger partial charge in [-0.2, -0.15) is 5.26 Å². The topological polar surface area (TPSA) is 35.8 Å². The van der Waals surface area contributed by atoms with Gasteiger partial charge in [-0.3, -0.25) is 0 Å². The second kappa shape index (κ2) is 5.24. The molecule has 0 atom stereocenters. The summed E-state index contributed by atoms with van der Waals surface area (Å²) in [6.07, 6.45) is 5.74. The molecule has 1 saturated carbocycles. The summed E-state index contributed by atoms with van der Waals surface area (Å²) < 4.78 is 0. The van der Waals surface area contributed by atoms with E-state index in [1.165, 1.54) is 25.7 Å². The fraction of sp³-hybridized carbons (Fsp3) is 0.909. The highest BCUT2D eigenvalue weighted by Gasteiger charge is 2.20. The minimum Gasteiger partial charge on any atom is -0.312 e. The first kappa shape index (κ1) is 10.5. The van der Waals surface area contributed by atoms with E-state index in [-0.39, 0.29) is 0 Å². The van der Waals surface area contributed by atoms with Gasteiger partial charge in [0, 0.05) is 18.5 Å². The normalized spacial score (nSPS) is 28.8. The Morgan fingerprint density at radius 1 is 1.31 bits per heavy atom. The Bertz CT molecular complexity index is 173. The highest BCUT2D eigenvalue weighted by Crippen LogP contribution is 2.26. The van der Waals surface area contributed by atoms with Crippen molar-refractivity contribution in [1.82, 2.24) is 5.32 Å². The van der Waals surface area contributed by atoms with Gasteiger partial charge in [-0.1, -0.05) is 13.8 Å². The standard InChI is InChI=1S/C11H20N2/c1-9(2)13-11-5-3-10(4-6-11)7-8-12/h9-11,13H,3-7H2,1-2H3. The van der Waals surface area contributed by atoms with Crippen LogP contribution in [0.1, 0.15) is 46.0 Å². The Hall–Kier alpha value is -0.550. The third-order valence-corrected chi connectivity index (χ3v) is 2.80. The first-order valence-corrected chi connectivity index (χ1v) is 5.35. The average Bonchev–Trinajstić information content (AvgIpc) is 2.08. The number of nitriles is 1. The van der Waals surface area contributed by atoms with Crippen molar-refractivity contribution in [3.63, 3.8) is 0 Å². The van der Waals surface area contributed by atoms with E-state index < -0.39 is 0 Å². The summed E-state index contributed by atoms with van der Waals surface area (Å²) in [7, 11) is 0. The Balaban J connectivity index is 2.19. The van der Waals surface area contributed by atoms with Crippen LogP contribution in [0.15, 0.2) is 0 Å². The van der Waals surface area contributed by atoms with Crippen LogP contribution in [0.5, 0.6) is 0 Å². The van der Waals surface area contributed by atoms with Gasteiger partial charge in [-0.25, -0.2) is 0 Å². The minimum absolute atomic E-state index is 0.595. The molecule has 0 aromatic rings. The van der Waals surface area contributed by atoms with Crippen molar-refractivity contribution in [3.8, 4) is 6.07 Å². The predicted octanol–water partition coefficient (Wildman–Crippen LogP) is 2.46. The van der Waals surface area contributed by atoms with Crippen LogP contribution in [-0.2, 0) is 0 Å². The van der Waals surface area contributed by atoms with Crippen LogP contribution in [0.25, 0.3) is 0 Å². The molecule has 0 heterocycles. The molecule has 0 saturated heterocycles. The molecule has 0 bridgehead atoms. The maximum atomic E-state index is 8.56. The molecule has 0 aromatic carbocycles. The Labute approximate surface area is 81.3 Å². The zero-order valence-electron chi connectivity index (χ0n) is 8.71. The minimum atomic E-state index is 0.595. The van der Waals surface area contributed by atoms with E-state index in [2.05, 4.69) is 25.2 Å². The largest absolute Gasteiger partial charge is 0.312 e. The highest BCUT2D eigenvalue weighted by molar-refractivity contribution is 4.83. The molecule has 0 amide bonds. The molecule has 0 aromatic heterocycles. The molecular formula is C11H20N2. The van der Waals surface area contributed by atoms with Gasteiger partial charge in [-0.05, 0) is 31.6 Å². The van der Waals surface area contributed by atoms with Crippen LogP contribution in [0.2, 0.25) is 0 Å². The van der Waals surface area contributed by atoms with E-state index in [1.807, 2.05) is 0 Å². The Morgan fingerprint density at radius 3 is 2.38 bits per heavy atom. The summed E-state index contributed by atoms with van der Waals surface area (Å²) in [6, 6.07) is 3.57. The van der Waals surface area contributed by atoms with E-state index in [1.54, 1.807) is 0 Å². The van der Waals surface area contributed by atoms with Crippen LogP contribution in [0.4, 0.5) is 0 Å². The van der Waals surface area contributed by atoms with Gasteiger partial charge in [0.15, 0.2) is 0 Å². The lowest BCUT2D eigenvalue weighted by Gasteiger charge is -2.29. The van der Waals surface area contributed by atoms with Crippen molar-refractivity contribution in [3.05, 3.63) is 0 Å². The van der Waals surface area contributed by atoms with Crippen molar-refractivity contribution >= 4 is 0 Å². The number of nitrogens with zero attached hydrogens (tertiary/aromatic N) is 1. The van der Waals surface area contributed by atoms with Crippen LogP contribution in [0, 0.1) is 17.2 Å². The number of hydrogen-bond acceptors (Lipinski definition) is 2. The predicted molar refractivity (Wildman–Crippen MR) is 54.2 cm³/mol. The van der Waals surface area contributed by atoms with Gasteiger partial charge in [0.25, 0.3) is 0 Å². The molecule has 1 aliphatic rings. The molecule has 2 heteroatoms. The van der Waals surface area contributed by atoms with E-state index in [0.717, 1.165) is 6.42 Å². The summed E-state index contributed by atoms with van der Waals surface area (Å²) in [4.78, 5) is 0. The lowest BCUT2D eigenvalue weighted by Crippen LogP contribution is -2.37. The molecule has 0 aliphatic heterocycles. The zero-order valence-corrected chi connectivity index (χ0v) is 8.71. The van der Waals surface area contributed by atoms with Crippen LogP contribution in [-0.4, -0.2) is 12.1 Å². The summed E-state index contributed by atoms with van der Waals surface area (Å²) >= 11 is 0. The summed E-state index contributed by atoms with van der Waals surface area (Å²) in [5, 5.41) is 12.1. The average molecular weight is 180 g/mol. The van der Waals surface area contributed by atoms with Crippen LogP contribution >= 0.6 is 0 Å². The van der Waals surface area contributed by atoms with Crippen molar-refractivity contribution in [2.45, 2.75) is 58.0 Å². The monoisotopic (exact) mass is 180 g/mol. The van der Waals surface area contributed by atoms with E-state index >= 15 is 0 Å². The van der Waals surface area contributed by atoms with Crippen LogP contribution < -0.4 is 5.32 Å². The first-order chi connectivity index (χ1) is 6.22. The molecular weight excluding hydrogens is 160 g/mol. The lowest BCUT2D eigenvalue weighted by atomic mass is 9.84. The van der Waals surface area contributed by atoms with Gasteiger partial charge < -0.3 is 5.32 Å². The molecule has 1 N–H and O–H groups in total. The lowest BCUT2D eigenvalue weighted by molar-refractivity contribution is 0.283. The number of nitrogens with one attached hydrogen (secondary N) is 1. The molecule has 74 valence electrons. The second-order valence-corrected chi connectivity index (χ2v) is 4.40. The zero-order chi connectivity index (χ0) is 9.68. The maximum Gasteiger partial charge on any atom is 0.0624 e. The van der Waals surface area contributed by atoms with Gasteiger partial charge in [-0.15, -0.1) is 0 Å². The first-order valence-electron chi connectivity index (χ1n) is 5.35. The molecule has 0 unspecified atom stereocenters. The maximum absolute atomic E-state index is 8.56. The number of rotatable bonds is 3. The summed E-state index contributed by atoms with van der Waals surface area (Å²) in [5.74, 6) is 0.676. The van der Waals surface area contributed by atoms with Gasteiger partial charge >= 0.3 is 0 Å². The van der Waals surface area contributed by atoms with E-state index in [4.69, 9.17) is 5.26 Å². The highest BCUT2D eigenvalue weighted by atomic mass is 14.9. The fourth-order valence-corrected chi connectivity index (χ4v) is 2.13. The molecule has 13 heavy (non-hydrogen) atoms. The summed E-state index contributed by atoms with van der Waals surface area (Å²) in [6.45, 7) is 4.39. The smallest absolute Gasteiger partial charge is 0.0624 e. The molecule has 1 rings (SSSR count). The molecule has 1 aliphatic carbocycles. The fourth-order valence-electron chi connectivity index (χ4n) is 2.13. The van der Waals surface area contributed by atoms with Crippen LogP contribution in [0.3, 0.4) is 0 Å². The molecule has 0 radical (unpaired) electrons. The van der Waals surface area contributed by atoms with E-state index in [9.17, 15) is 0 Å². The Morgan fingerprint density at radius 2 is 1.92 bits per heavy atom. The van der Waals surface area contributed by atoms with Gasteiger partial charge in [0.1, 0.15) is 0 Å². The molecule has 0 spiro atoms. The third-order valence-electron chi connectivity index (χ3n) is 2.80. The van der Waals surface area contributed by atoms with Crippen molar-refractivity contribution < 1.29 is 0 Å². The molecule has 2 nitrogen and oxygen atoms in total. The van der Waals surface area contributed by atoms with Gasteiger partial charge in [0.05, 0.1) is 6.07 Å². The quantitative estimate of drug-likeness (QED) is 0.724. The SMILES string of the molecule is CC(C)NC1CCC(CC#N)CC1. The van der Waals surface area contributed by atoms with Gasteiger partial charge in [0.2, 0.25) is 0 Å². The van der Waals surface area contributed by atoms with Crippen molar-refractivity contribution in [2.75, 3.05) is 0 Å². The third kappa shape index (κ3) is 3.78. The molecule has 1 fully saturated rings. The van der Waals surface area contributed by atoms with E-state index in [0.29, 0.717) is 18.0 Å². The Kier molecular flexibility index (Phi) is 4.24. The van der Waals surface area contributed by atoms with Crippen molar-refractivity contribution in [2.24, 2.45) is 5.92 Å².